The van der Waals surface area contributed by atoms with Gasteiger partial charge >= 0.3 is 0 Å². The second kappa shape index (κ2) is 15.3. The Balaban J connectivity index is 0.971. The summed E-state index contributed by atoms with van der Waals surface area (Å²) in [5, 5.41) is 0. The number of ether oxygens (including phenoxy) is 4. The van der Waals surface area contributed by atoms with E-state index < -0.39 is 0 Å². The SMILES string of the molecule is COCC(C)Oc1ccc(-c2ccc(OCc3ccc(-c4ccc(COc5ccc(-c6ccc(C)cc6)cc5)cc4)cc3)cc2)cc1. The van der Waals surface area contributed by atoms with Crippen LogP contribution in [0.4, 0.5) is 0 Å². The second-order valence-corrected chi connectivity index (χ2v) is 11.8. The highest BCUT2D eigenvalue weighted by Crippen LogP contribution is 2.27. The minimum absolute atomic E-state index is 0.0104. The van der Waals surface area contributed by atoms with Gasteiger partial charge in [0.05, 0.1) is 6.61 Å². The number of aryl methyl sites for hydroxylation is 1. The van der Waals surface area contributed by atoms with Gasteiger partial charge in [0.1, 0.15) is 36.6 Å². The third kappa shape index (κ3) is 8.69. The molecule has 0 bridgehead atoms. The van der Waals surface area contributed by atoms with E-state index in [9.17, 15) is 0 Å². The molecule has 0 aliphatic carbocycles. The fraction of sp³-hybridized carbons (Fsp3) is 0.163. The third-order valence-electron chi connectivity index (χ3n) is 8.07. The lowest BCUT2D eigenvalue weighted by Gasteiger charge is -2.14. The summed E-state index contributed by atoms with van der Waals surface area (Å²) in [4.78, 5) is 0. The van der Waals surface area contributed by atoms with Crippen LogP contribution in [0, 0.1) is 6.92 Å². The van der Waals surface area contributed by atoms with Gasteiger partial charge in [-0.2, -0.15) is 0 Å². The Morgan fingerprint density at radius 2 is 0.745 bits per heavy atom. The highest BCUT2D eigenvalue weighted by molar-refractivity contribution is 5.66. The van der Waals surface area contributed by atoms with E-state index in [4.69, 9.17) is 18.9 Å². The largest absolute Gasteiger partial charge is 0.489 e. The molecular formula is C43H40O4. The highest BCUT2D eigenvalue weighted by Gasteiger charge is 2.06. The molecule has 4 nitrogen and oxygen atoms in total. The van der Waals surface area contributed by atoms with E-state index in [1.807, 2.05) is 43.3 Å². The summed E-state index contributed by atoms with van der Waals surface area (Å²) >= 11 is 0. The monoisotopic (exact) mass is 620 g/mol. The molecule has 0 aliphatic rings. The normalized spacial score (nSPS) is 11.6. The first-order valence-corrected chi connectivity index (χ1v) is 16.0. The molecule has 0 aliphatic heterocycles. The molecule has 6 aromatic carbocycles. The maximum absolute atomic E-state index is 6.08. The van der Waals surface area contributed by atoms with Crippen LogP contribution in [0.2, 0.25) is 0 Å². The van der Waals surface area contributed by atoms with E-state index in [2.05, 4.69) is 116 Å². The molecule has 0 amide bonds. The standard InChI is InChI=1S/C43H40O4/c1-31-4-10-35(11-5-31)38-16-22-41(23-17-38)45-29-33-6-12-36(13-7-33)37-14-8-34(9-15-37)30-46-42-24-18-39(19-25-42)40-20-26-43(27-21-40)47-32(2)28-44-3/h4-27,32H,28-30H2,1-3H3. The van der Waals surface area contributed by atoms with Gasteiger partial charge in [0, 0.05) is 7.11 Å². The average molecular weight is 621 g/mol. The molecule has 47 heavy (non-hydrogen) atoms. The number of hydrogen-bond acceptors (Lipinski definition) is 4. The zero-order chi connectivity index (χ0) is 32.4. The van der Waals surface area contributed by atoms with Gasteiger partial charge in [0.15, 0.2) is 0 Å². The summed E-state index contributed by atoms with van der Waals surface area (Å²) in [6.45, 7) is 5.69. The van der Waals surface area contributed by atoms with Gasteiger partial charge in [0.25, 0.3) is 0 Å². The van der Waals surface area contributed by atoms with Crippen LogP contribution in [0.3, 0.4) is 0 Å². The quantitative estimate of drug-likeness (QED) is 0.129. The summed E-state index contributed by atoms with van der Waals surface area (Å²) in [5.74, 6) is 2.54. The topological polar surface area (TPSA) is 36.9 Å². The molecule has 0 saturated heterocycles. The molecule has 0 aromatic heterocycles. The summed E-state index contributed by atoms with van der Waals surface area (Å²) in [5.41, 5.74) is 10.5. The molecule has 4 heteroatoms. The maximum Gasteiger partial charge on any atom is 0.119 e. The number of benzene rings is 6. The van der Waals surface area contributed by atoms with Crippen molar-refractivity contribution in [1.82, 2.24) is 0 Å². The molecule has 0 fully saturated rings. The Hall–Kier alpha value is -5.32. The van der Waals surface area contributed by atoms with Gasteiger partial charge in [-0.3, -0.25) is 0 Å². The number of hydrogen-bond donors (Lipinski definition) is 0. The molecule has 1 atom stereocenters. The predicted molar refractivity (Wildman–Crippen MR) is 191 cm³/mol. The predicted octanol–water partition coefficient (Wildman–Crippen LogP) is 10.6. The average Bonchev–Trinajstić information content (AvgIpc) is 3.12. The molecular weight excluding hydrogens is 580 g/mol. The van der Waals surface area contributed by atoms with E-state index in [-0.39, 0.29) is 6.10 Å². The van der Waals surface area contributed by atoms with E-state index in [0.29, 0.717) is 19.8 Å². The Bertz CT molecular complexity index is 1820. The van der Waals surface area contributed by atoms with Crippen LogP contribution < -0.4 is 14.2 Å². The summed E-state index contributed by atoms with van der Waals surface area (Å²) in [6.07, 6.45) is 0.0104. The van der Waals surface area contributed by atoms with Crippen molar-refractivity contribution in [2.45, 2.75) is 33.2 Å². The van der Waals surface area contributed by atoms with Crippen molar-refractivity contribution in [3.63, 3.8) is 0 Å². The molecule has 236 valence electrons. The number of rotatable bonds is 13. The molecule has 0 heterocycles. The smallest absolute Gasteiger partial charge is 0.119 e. The Kier molecular flexibility index (Phi) is 10.3. The Morgan fingerprint density at radius 3 is 1.11 bits per heavy atom. The van der Waals surface area contributed by atoms with Crippen LogP contribution in [-0.4, -0.2) is 19.8 Å². The van der Waals surface area contributed by atoms with Crippen molar-refractivity contribution in [1.29, 1.82) is 0 Å². The van der Waals surface area contributed by atoms with Crippen molar-refractivity contribution in [2.75, 3.05) is 13.7 Å². The van der Waals surface area contributed by atoms with Gasteiger partial charge in [0.2, 0.25) is 0 Å². The van der Waals surface area contributed by atoms with Crippen molar-refractivity contribution in [3.05, 3.63) is 162 Å². The summed E-state index contributed by atoms with van der Waals surface area (Å²) < 4.78 is 23.1. The van der Waals surface area contributed by atoms with E-state index in [0.717, 1.165) is 39.5 Å². The van der Waals surface area contributed by atoms with Crippen LogP contribution >= 0.6 is 0 Å². The first-order chi connectivity index (χ1) is 23.0. The third-order valence-corrected chi connectivity index (χ3v) is 8.07. The van der Waals surface area contributed by atoms with Gasteiger partial charge in [-0.25, -0.2) is 0 Å². The Labute approximate surface area is 278 Å². The summed E-state index contributed by atoms with van der Waals surface area (Å²) in [6, 6.07) is 50.3. The Morgan fingerprint density at radius 1 is 0.426 bits per heavy atom. The molecule has 6 rings (SSSR count). The molecule has 0 radical (unpaired) electrons. The van der Waals surface area contributed by atoms with Crippen molar-refractivity contribution >= 4 is 0 Å². The van der Waals surface area contributed by atoms with Gasteiger partial charge in [-0.1, -0.05) is 115 Å². The minimum atomic E-state index is 0.0104. The van der Waals surface area contributed by atoms with Crippen molar-refractivity contribution < 1.29 is 18.9 Å². The molecule has 1 unspecified atom stereocenters. The minimum Gasteiger partial charge on any atom is -0.489 e. The zero-order valence-corrected chi connectivity index (χ0v) is 27.2. The van der Waals surface area contributed by atoms with Gasteiger partial charge < -0.3 is 18.9 Å². The van der Waals surface area contributed by atoms with Crippen LogP contribution in [-0.2, 0) is 18.0 Å². The lowest BCUT2D eigenvalue weighted by Crippen LogP contribution is -2.17. The molecule has 0 saturated carbocycles. The van der Waals surface area contributed by atoms with Crippen LogP contribution in [0.5, 0.6) is 17.2 Å². The van der Waals surface area contributed by atoms with Gasteiger partial charge in [-0.05, 0) is 94.8 Å². The second-order valence-electron chi connectivity index (χ2n) is 11.8. The lowest BCUT2D eigenvalue weighted by atomic mass is 10.0. The van der Waals surface area contributed by atoms with Crippen LogP contribution in [0.15, 0.2) is 146 Å². The zero-order valence-electron chi connectivity index (χ0n) is 27.2. The molecule has 6 aromatic rings. The lowest BCUT2D eigenvalue weighted by molar-refractivity contribution is 0.0921. The first-order valence-electron chi connectivity index (χ1n) is 16.0. The van der Waals surface area contributed by atoms with Crippen LogP contribution in [0.25, 0.3) is 33.4 Å². The maximum atomic E-state index is 6.08. The van der Waals surface area contributed by atoms with Crippen molar-refractivity contribution in [2.24, 2.45) is 0 Å². The van der Waals surface area contributed by atoms with Crippen molar-refractivity contribution in [3.8, 4) is 50.6 Å². The van der Waals surface area contributed by atoms with E-state index in [1.54, 1.807) is 7.11 Å². The fourth-order valence-corrected chi connectivity index (χ4v) is 5.38. The number of methoxy groups -OCH3 is 1. The van der Waals surface area contributed by atoms with E-state index in [1.165, 1.54) is 27.8 Å². The molecule has 0 spiro atoms. The molecule has 0 N–H and O–H groups in total. The van der Waals surface area contributed by atoms with Crippen LogP contribution in [0.1, 0.15) is 23.6 Å². The van der Waals surface area contributed by atoms with Gasteiger partial charge in [-0.15, -0.1) is 0 Å². The highest BCUT2D eigenvalue weighted by atomic mass is 16.5. The van der Waals surface area contributed by atoms with E-state index >= 15 is 0 Å². The summed E-state index contributed by atoms with van der Waals surface area (Å²) in [7, 11) is 1.68. The first kappa shape index (κ1) is 31.7. The fourth-order valence-electron chi connectivity index (χ4n) is 5.38.